The Hall–Kier alpha value is -1.68. The van der Waals surface area contributed by atoms with E-state index < -0.39 is 0 Å². The van der Waals surface area contributed by atoms with Crippen LogP contribution in [0.3, 0.4) is 0 Å². The predicted octanol–water partition coefficient (Wildman–Crippen LogP) is 3.65. The Morgan fingerprint density at radius 1 is 1.47 bits per heavy atom. The topological polar surface area (TPSA) is 39.1 Å². The first-order valence-corrected chi connectivity index (χ1v) is 6.65. The van der Waals surface area contributed by atoms with Gasteiger partial charge in [0.1, 0.15) is 5.75 Å². The van der Waals surface area contributed by atoms with Gasteiger partial charge in [0.2, 0.25) is 0 Å². The van der Waals surface area contributed by atoms with E-state index in [0.29, 0.717) is 11.6 Å². The molecule has 1 heterocycles. The summed E-state index contributed by atoms with van der Waals surface area (Å²) in [5, 5.41) is 8.26. The second-order valence-electron chi connectivity index (χ2n) is 4.39. The summed E-state index contributed by atoms with van der Waals surface area (Å²) in [6, 6.07) is 5.71. The van der Waals surface area contributed by atoms with Crippen molar-refractivity contribution < 1.29 is 4.74 Å². The fourth-order valence-electron chi connectivity index (χ4n) is 1.88. The van der Waals surface area contributed by atoms with Gasteiger partial charge in [0.05, 0.1) is 24.5 Å². The van der Waals surface area contributed by atoms with E-state index >= 15 is 0 Å². The van der Waals surface area contributed by atoms with Crippen molar-refractivity contribution in [2.45, 2.75) is 19.9 Å². The second kappa shape index (κ2) is 5.97. The Morgan fingerprint density at radius 3 is 2.89 bits per heavy atom. The highest BCUT2D eigenvalue weighted by molar-refractivity contribution is 6.30. The largest absolute Gasteiger partial charge is 0.492 e. The highest BCUT2D eigenvalue weighted by Crippen LogP contribution is 2.31. The number of ether oxygens (including phenoxy) is 1. The molecule has 1 atom stereocenters. The van der Waals surface area contributed by atoms with Gasteiger partial charge >= 0.3 is 0 Å². The number of halogens is 1. The number of aryl methyl sites for hydroxylation is 1. The van der Waals surface area contributed by atoms with Crippen molar-refractivity contribution in [3.05, 3.63) is 41.2 Å². The smallest absolute Gasteiger partial charge is 0.142 e. The zero-order chi connectivity index (χ0) is 13.8. The molecule has 0 saturated heterocycles. The van der Waals surface area contributed by atoms with Gasteiger partial charge in [-0.1, -0.05) is 11.6 Å². The van der Waals surface area contributed by atoms with Crippen molar-refractivity contribution in [2.24, 2.45) is 7.05 Å². The third-order valence-corrected chi connectivity index (χ3v) is 3.07. The van der Waals surface area contributed by atoms with Gasteiger partial charge in [-0.15, -0.1) is 0 Å². The van der Waals surface area contributed by atoms with Crippen LogP contribution in [-0.4, -0.2) is 16.4 Å². The van der Waals surface area contributed by atoms with Crippen LogP contribution in [-0.2, 0) is 7.05 Å². The van der Waals surface area contributed by atoms with Crippen LogP contribution in [0.4, 0.5) is 5.69 Å². The van der Waals surface area contributed by atoms with Crippen LogP contribution in [0.2, 0.25) is 5.02 Å². The molecule has 0 bridgehead atoms. The Kier molecular flexibility index (Phi) is 4.32. The van der Waals surface area contributed by atoms with Crippen LogP contribution in [0, 0.1) is 0 Å². The van der Waals surface area contributed by atoms with Crippen LogP contribution in [0.25, 0.3) is 0 Å². The third-order valence-electron chi connectivity index (χ3n) is 2.84. The lowest BCUT2D eigenvalue weighted by Gasteiger charge is -2.17. The van der Waals surface area contributed by atoms with Gasteiger partial charge in [0, 0.05) is 23.8 Å². The standard InChI is InChI=1S/C14H18ClN3O/c1-4-19-14-6-5-12(15)7-13(14)17-10(2)11-8-16-18(3)9-11/h5-10,17H,4H2,1-3H3. The van der Waals surface area contributed by atoms with E-state index in [1.165, 1.54) is 0 Å². The average Bonchev–Trinajstić information content (AvgIpc) is 2.80. The number of nitrogens with one attached hydrogen (secondary N) is 1. The zero-order valence-corrected chi connectivity index (χ0v) is 12.1. The van der Waals surface area contributed by atoms with Crippen molar-refractivity contribution in [1.82, 2.24) is 9.78 Å². The molecule has 2 rings (SSSR count). The summed E-state index contributed by atoms with van der Waals surface area (Å²) in [5.41, 5.74) is 2.01. The van der Waals surface area contributed by atoms with Crippen molar-refractivity contribution >= 4 is 17.3 Å². The van der Waals surface area contributed by atoms with Crippen molar-refractivity contribution in [2.75, 3.05) is 11.9 Å². The molecule has 1 N–H and O–H groups in total. The molecule has 1 aromatic carbocycles. The molecule has 0 saturated carbocycles. The van der Waals surface area contributed by atoms with Crippen LogP contribution < -0.4 is 10.1 Å². The lowest BCUT2D eigenvalue weighted by atomic mass is 10.1. The molecule has 5 heteroatoms. The summed E-state index contributed by atoms with van der Waals surface area (Å²) in [6.45, 7) is 4.66. The fraction of sp³-hybridized carbons (Fsp3) is 0.357. The summed E-state index contributed by atoms with van der Waals surface area (Å²) < 4.78 is 7.38. The van der Waals surface area contributed by atoms with E-state index in [-0.39, 0.29) is 6.04 Å². The maximum absolute atomic E-state index is 6.04. The minimum absolute atomic E-state index is 0.131. The van der Waals surface area contributed by atoms with Gasteiger partial charge in [-0.25, -0.2) is 0 Å². The maximum Gasteiger partial charge on any atom is 0.142 e. The Bertz CT molecular complexity index is 553. The molecule has 0 spiro atoms. The molecule has 1 unspecified atom stereocenters. The Balaban J connectivity index is 2.19. The van der Waals surface area contributed by atoms with Crippen molar-refractivity contribution in [3.8, 4) is 5.75 Å². The second-order valence-corrected chi connectivity index (χ2v) is 4.82. The summed E-state index contributed by atoms with van der Waals surface area (Å²) in [5.74, 6) is 0.808. The molecular weight excluding hydrogens is 262 g/mol. The number of hydrogen-bond acceptors (Lipinski definition) is 3. The van der Waals surface area contributed by atoms with E-state index in [0.717, 1.165) is 17.0 Å². The van der Waals surface area contributed by atoms with Crippen LogP contribution in [0.15, 0.2) is 30.6 Å². The number of nitrogens with zero attached hydrogens (tertiary/aromatic N) is 2. The fourth-order valence-corrected chi connectivity index (χ4v) is 2.05. The van der Waals surface area contributed by atoms with Crippen LogP contribution in [0.5, 0.6) is 5.75 Å². The number of anilines is 1. The molecule has 0 fully saturated rings. The summed E-state index contributed by atoms with van der Waals surface area (Å²) >= 11 is 6.04. The first-order chi connectivity index (χ1) is 9.10. The quantitative estimate of drug-likeness (QED) is 0.908. The highest BCUT2D eigenvalue weighted by atomic mass is 35.5. The van der Waals surface area contributed by atoms with E-state index in [2.05, 4.69) is 17.3 Å². The molecule has 0 aliphatic rings. The van der Waals surface area contributed by atoms with E-state index in [4.69, 9.17) is 16.3 Å². The monoisotopic (exact) mass is 279 g/mol. The van der Waals surface area contributed by atoms with Gasteiger partial charge in [-0.2, -0.15) is 5.10 Å². The van der Waals surface area contributed by atoms with Crippen molar-refractivity contribution in [1.29, 1.82) is 0 Å². The molecule has 2 aromatic rings. The Morgan fingerprint density at radius 2 is 2.26 bits per heavy atom. The lowest BCUT2D eigenvalue weighted by molar-refractivity contribution is 0.341. The molecule has 0 radical (unpaired) electrons. The van der Waals surface area contributed by atoms with Crippen molar-refractivity contribution in [3.63, 3.8) is 0 Å². The third kappa shape index (κ3) is 3.41. The predicted molar refractivity (Wildman–Crippen MR) is 77.9 cm³/mol. The molecule has 1 aromatic heterocycles. The van der Waals surface area contributed by atoms with E-state index in [9.17, 15) is 0 Å². The highest BCUT2D eigenvalue weighted by Gasteiger charge is 2.11. The minimum Gasteiger partial charge on any atom is -0.492 e. The number of aromatic nitrogens is 2. The number of benzene rings is 1. The number of rotatable bonds is 5. The summed E-state index contributed by atoms with van der Waals surface area (Å²) in [6.07, 6.45) is 3.84. The van der Waals surface area contributed by atoms with Gasteiger partial charge in [0.25, 0.3) is 0 Å². The molecule has 4 nitrogen and oxygen atoms in total. The molecule has 0 aliphatic heterocycles. The zero-order valence-electron chi connectivity index (χ0n) is 11.4. The molecule has 0 aliphatic carbocycles. The van der Waals surface area contributed by atoms with Crippen LogP contribution >= 0.6 is 11.6 Å². The minimum atomic E-state index is 0.131. The van der Waals surface area contributed by atoms with Crippen LogP contribution in [0.1, 0.15) is 25.5 Å². The first-order valence-electron chi connectivity index (χ1n) is 6.27. The maximum atomic E-state index is 6.04. The Labute approximate surface area is 118 Å². The van der Waals surface area contributed by atoms with Gasteiger partial charge < -0.3 is 10.1 Å². The normalized spacial score (nSPS) is 12.2. The van der Waals surface area contributed by atoms with Gasteiger partial charge in [-0.3, -0.25) is 4.68 Å². The number of hydrogen-bond donors (Lipinski definition) is 1. The first kappa shape index (κ1) is 13.7. The molecule has 102 valence electrons. The van der Waals surface area contributed by atoms with E-state index in [1.807, 2.05) is 44.6 Å². The summed E-state index contributed by atoms with van der Waals surface area (Å²) in [7, 11) is 1.90. The molecular formula is C14H18ClN3O. The molecule has 19 heavy (non-hydrogen) atoms. The van der Waals surface area contributed by atoms with Gasteiger partial charge in [-0.05, 0) is 32.0 Å². The molecule has 0 amide bonds. The lowest BCUT2D eigenvalue weighted by Crippen LogP contribution is -2.07. The van der Waals surface area contributed by atoms with Gasteiger partial charge in [0.15, 0.2) is 0 Å². The summed E-state index contributed by atoms with van der Waals surface area (Å²) in [4.78, 5) is 0. The van der Waals surface area contributed by atoms with E-state index in [1.54, 1.807) is 4.68 Å². The average molecular weight is 280 g/mol. The SMILES string of the molecule is CCOc1ccc(Cl)cc1NC(C)c1cnn(C)c1.